The third-order valence-corrected chi connectivity index (χ3v) is 2.64. The van der Waals surface area contributed by atoms with Crippen LogP contribution in [0.1, 0.15) is 40.2 Å². The lowest BCUT2D eigenvalue weighted by Gasteiger charge is -2.29. The fourth-order valence-electron chi connectivity index (χ4n) is 1.68. The Morgan fingerprint density at radius 1 is 1.15 bits per heavy atom. The highest BCUT2D eigenvalue weighted by atomic mass is 16.6. The lowest BCUT2D eigenvalue weighted by Crippen LogP contribution is -2.43. The molecular formula is C16H25NO3. The Kier molecular flexibility index (Phi) is 5.17. The summed E-state index contributed by atoms with van der Waals surface area (Å²) < 4.78 is 11.2. The second kappa shape index (κ2) is 6.27. The zero-order valence-corrected chi connectivity index (χ0v) is 13.0. The van der Waals surface area contributed by atoms with E-state index in [9.17, 15) is 4.79 Å². The van der Waals surface area contributed by atoms with E-state index in [-0.39, 0.29) is 5.97 Å². The van der Waals surface area contributed by atoms with Crippen LogP contribution in [0.5, 0.6) is 5.75 Å². The van der Waals surface area contributed by atoms with Crippen LogP contribution < -0.4 is 10.5 Å². The molecule has 0 aliphatic rings. The normalized spacial score (nSPS) is 12.1. The third-order valence-electron chi connectivity index (χ3n) is 2.64. The van der Waals surface area contributed by atoms with Crippen LogP contribution in [0.4, 0.5) is 0 Å². The molecule has 2 N–H and O–H groups in total. The Morgan fingerprint density at radius 3 is 2.30 bits per heavy atom. The predicted octanol–water partition coefficient (Wildman–Crippen LogP) is 2.69. The van der Waals surface area contributed by atoms with Gasteiger partial charge < -0.3 is 15.2 Å². The van der Waals surface area contributed by atoms with Crippen molar-refractivity contribution in [3.63, 3.8) is 0 Å². The number of esters is 1. The van der Waals surface area contributed by atoms with E-state index in [1.807, 2.05) is 45.0 Å². The maximum atomic E-state index is 12.2. The molecule has 0 aliphatic carbocycles. The van der Waals surface area contributed by atoms with Crippen LogP contribution in [0.2, 0.25) is 0 Å². The van der Waals surface area contributed by atoms with Crippen molar-refractivity contribution in [2.24, 2.45) is 5.73 Å². The summed E-state index contributed by atoms with van der Waals surface area (Å²) in [4.78, 5) is 12.2. The van der Waals surface area contributed by atoms with Gasteiger partial charge in [-0.25, -0.2) is 4.79 Å². The molecule has 1 rings (SSSR count). The summed E-state index contributed by atoms with van der Waals surface area (Å²) in [6, 6.07) is 7.60. The Hall–Kier alpha value is -1.55. The van der Waals surface area contributed by atoms with Crippen molar-refractivity contribution in [2.75, 3.05) is 6.54 Å². The van der Waals surface area contributed by atoms with E-state index in [0.29, 0.717) is 18.7 Å². The van der Waals surface area contributed by atoms with Gasteiger partial charge in [0.05, 0.1) is 0 Å². The quantitative estimate of drug-likeness (QED) is 0.842. The second-order valence-electron chi connectivity index (χ2n) is 6.26. The van der Waals surface area contributed by atoms with E-state index in [1.165, 1.54) is 0 Å². The fraction of sp³-hybridized carbons (Fsp3) is 0.562. The van der Waals surface area contributed by atoms with Gasteiger partial charge in [-0.15, -0.1) is 0 Å². The molecule has 0 aliphatic heterocycles. The van der Waals surface area contributed by atoms with E-state index in [4.69, 9.17) is 15.2 Å². The van der Waals surface area contributed by atoms with Crippen molar-refractivity contribution in [3.05, 3.63) is 29.8 Å². The van der Waals surface area contributed by atoms with Crippen molar-refractivity contribution < 1.29 is 14.3 Å². The number of nitrogens with two attached hydrogens (primary N) is 1. The van der Waals surface area contributed by atoms with Crippen LogP contribution in [0, 0.1) is 0 Å². The van der Waals surface area contributed by atoms with Crippen molar-refractivity contribution >= 4 is 5.97 Å². The molecule has 0 unspecified atom stereocenters. The van der Waals surface area contributed by atoms with E-state index in [0.717, 1.165) is 5.56 Å². The predicted molar refractivity (Wildman–Crippen MR) is 79.8 cm³/mol. The standard InChI is InChI=1S/C16H25NO3/c1-15(2,3)20-14(18)16(4,5)19-13-9-7-6-8-12(13)10-11-17/h6-9H,10-11,17H2,1-5H3. The molecule has 0 amide bonds. The van der Waals surface area contributed by atoms with Crippen molar-refractivity contribution in [3.8, 4) is 5.75 Å². The number of benzene rings is 1. The number of ether oxygens (including phenoxy) is 2. The van der Waals surface area contributed by atoms with Crippen LogP contribution in [-0.4, -0.2) is 23.7 Å². The van der Waals surface area contributed by atoms with Gasteiger partial charge in [0.25, 0.3) is 0 Å². The van der Waals surface area contributed by atoms with Crippen molar-refractivity contribution in [1.29, 1.82) is 0 Å². The minimum atomic E-state index is -1.04. The number of carbonyl (C=O) groups is 1. The van der Waals surface area contributed by atoms with Gasteiger partial charge in [-0.2, -0.15) is 0 Å². The largest absolute Gasteiger partial charge is 0.476 e. The van der Waals surface area contributed by atoms with Crippen LogP contribution in [-0.2, 0) is 16.0 Å². The summed E-state index contributed by atoms with van der Waals surface area (Å²) in [6.45, 7) is 9.46. The number of carbonyl (C=O) groups excluding carboxylic acids is 1. The van der Waals surface area contributed by atoms with Crippen LogP contribution >= 0.6 is 0 Å². The van der Waals surface area contributed by atoms with Gasteiger partial charge in [-0.05, 0) is 59.2 Å². The molecular weight excluding hydrogens is 254 g/mol. The number of para-hydroxylation sites is 1. The number of rotatable bonds is 5. The van der Waals surface area contributed by atoms with Gasteiger partial charge in [-0.1, -0.05) is 18.2 Å². The average molecular weight is 279 g/mol. The summed E-state index contributed by atoms with van der Waals surface area (Å²) in [5.41, 5.74) is 5.00. The highest BCUT2D eigenvalue weighted by Crippen LogP contribution is 2.25. The third kappa shape index (κ3) is 4.85. The lowest BCUT2D eigenvalue weighted by molar-refractivity contribution is -0.170. The molecule has 1 aromatic rings. The Bertz CT molecular complexity index is 461. The average Bonchev–Trinajstić information content (AvgIpc) is 2.29. The monoisotopic (exact) mass is 279 g/mol. The molecule has 0 saturated carbocycles. The first kappa shape index (κ1) is 16.5. The van der Waals surface area contributed by atoms with E-state index >= 15 is 0 Å². The molecule has 0 fully saturated rings. The number of hydrogen-bond donors (Lipinski definition) is 1. The Morgan fingerprint density at radius 2 is 1.75 bits per heavy atom. The van der Waals surface area contributed by atoms with Gasteiger partial charge in [0.15, 0.2) is 5.60 Å². The summed E-state index contributed by atoms with van der Waals surface area (Å²) in [7, 11) is 0. The molecule has 20 heavy (non-hydrogen) atoms. The summed E-state index contributed by atoms with van der Waals surface area (Å²) in [6.07, 6.45) is 0.709. The van der Waals surface area contributed by atoms with Gasteiger partial charge >= 0.3 is 5.97 Å². The molecule has 0 atom stereocenters. The molecule has 0 saturated heterocycles. The molecule has 0 aromatic heterocycles. The Labute approximate surface area is 121 Å². The van der Waals surface area contributed by atoms with E-state index in [1.54, 1.807) is 13.8 Å². The lowest BCUT2D eigenvalue weighted by atomic mass is 10.1. The first-order valence-corrected chi connectivity index (χ1v) is 6.86. The van der Waals surface area contributed by atoms with Crippen LogP contribution in [0.3, 0.4) is 0 Å². The van der Waals surface area contributed by atoms with Crippen molar-refractivity contribution in [1.82, 2.24) is 0 Å². The first-order valence-electron chi connectivity index (χ1n) is 6.86. The molecule has 0 radical (unpaired) electrons. The number of hydrogen-bond acceptors (Lipinski definition) is 4. The summed E-state index contributed by atoms with van der Waals surface area (Å²) in [5.74, 6) is 0.293. The second-order valence-corrected chi connectivity index (χ2v) is 6.26. The molecule has 0 spiro atoms. The first-order chi connectivity index (χ1) is 9.15. The minimum absolute atomic E-state index is 0.382. The van der Waals surface area contributed by atoms with E-state index < -0.39 is 11.2 Å². The maximum Gasteiger partial charge on any atom is 0.350 e. The highest BCUT2D eigenvalue weighted by Gasteiger charge is 2.35. The van der Waals surface area contributed by atoms with Gasteiger partial charge in [0.1, 0.15) is 11.4 Å². The molecule has 1 aromatic carbocycles. The van der Waals surface area contributed by atoms with Gasteiger partial charge in [0.2, 0.25) is 0 Å². The molecule has 4 heteroatoms. The Balaban J connectivity index is 2.88. The molecule has 4 nitrogen and oxygen atoms in total. The SMILES string of the molecule is CC(C)(C)OC(=O)C(C)(C)Oc1ccccc1CCN. The zero-order valence-electron chi connectivity index (χ0n) is 13.0. The smallest absolute Gasteiger partial charge is 0.350 e. The van der Waals surface area contributed by atoms with Gasteiger partial charge in [-0.3, -0.25) is 0 Å². The zero-order chi connectivity index (χ0) is 15.4. The van der Waals surface area contributed by atoms with Crippen molar-refractivity contribution in [2.45, 2.75) is 52.2 Å². The molecule has 0 heterocycles. The van der Waals surface area contributed by atoms with E-state index in [2.05, 4.69) is 0 Å². The van der Waals surface area contributed by atoms with Gasteiger partial charge in [0, 0.05) is 0 Å². The molecule has 0 bridgehead atoms. The maximum absolute atomic E-state index is 12.2. The summed E-state index contributed by atoms with van der Waals surface area (Å²) >= 11 is 0. The molecule has 112 valence electrons. The summed E-state index contributed by atoms with van der Waals surface area (Å²) in [5, 5.41) is 0. The minimum Gasteiger partial charge on any atom is -0.476 e. The van der Waals surface area contributed by atoms with Crippen LogP contribution in [0.15, 0.2) is 24.3 Å². The fourth-order valence-corrected chi connectivity index (χ4v) is 1.68. The topological polar surface area (TPSA) is 61.5 Å². The van der Waals surface area contributed by atoms with Crippen LogP contribution in [0.25, 0.3) is 0 Å². The highest BCUT2D eigenvalue weighted by molar-refractivity contribution is 5.79.